The van der Waals surface area contributed by atoms with Crippen molar-refractivity contribution in [2.24, 2.45) is 0 Å². The number of carboxylic acid groups (broad SMARTS) is 1. The summed E-state index contributed by atoms with van der Waals surface area (Å²) in [6.45, 7) is 0.745. The summed E-state index contributed by atoms with van der Waals surface area (Å²) in [5, 5.41) is 20.6. The predicted molar refractivity (Wildman–Crippen MR) is 70.4 cm³/mol. The van der Waals surface area contributed by atoms with Crippen LogP contribution in [-0.2, 0) is 9.59 Å². The number of halogens is 1. The van der Waals surface area contributed by atoms with E-state index in [4.69, 9.17) is 22.0 Å². The molecule has 0 spiro atoms. The smallest absolute Gasteiger partial charge is 0.305 e. The van der Waals surface area contributed by atoms with E-state index in [-0.39, 0.29) is 28.7 Å². The summed E-state index contributed by atoms with van der Waals surface area (Å²) in [5.41, 5.74) is 0.233. The molecule has 0 radical (unpaired) electrons. The normalized spacial score (nSPS) is 18.3. The van der Waals surface area contributed by atoms with Crippen molar-refractivity contribution in [2.75, 3.05) is 18.0 Å². The second kappa shape index (κ2) is 5.75. The molecule has 7 nitrogen and oxygen atoms in total. The Bertz CT molecular complexity index is 599. The average Bonchev–Trinajstić information content (AvgIpc) is 2.41. The van der Waals surface area contributed by atoms with E-state index in [0.29, 0.717) is 13.1 Å². The predicted octanol–water partition coefficient (Wildman–Crippen LogP) is 0.386. The number of carbonyl (C=O) groups excluding carboxylic acids is 1. The quantitative estimate of drug-likeness (QED) is 0.835. The molecule has 2 heterocycles. The highest BCUT2D eigenvalue weighted by molar-refractivity contribution is 6.34. The van der Waals surface area contributed by atoms with E-state index in [1.165, 1.54) is 17.2 Å². The topological polar surface area (TPSA) is 106 Å². The van der Waals surface area contributed by atoms with Crippen LogP contribution in [0.25, 0.3) is 0 Å². The molecular formula is C12H11ClN4O3. The monoisotopic (exact) mass is 294 g/mol. The number of nitrogens with zero attached hydrogens (tertiary/aromatic N) is 3. The van der Waals surface area contributed by atoms with Crippen LogP contribution in [-0.4, -0.2) is 41.1 Å². The number of pyridine rings is 1. The van der Waals surface area contributed by atoms with Gasteiger partial charge in [-0.2, -0.15) is 5.26 Å². The Morgan fingerprint density at radius 1 is 1.70 bits per heavy atom. The lowest BCUT2D eigenvalue weighted by Crippen LogP contribution is -2.56. The van der Waals surface area contributed by atoms with Crippen LogP contribution in [0.2, 0.25) is 5.02 Å². The van der Waals surface area contributed by atoms with Crippen LogP contribution in [0.15, 0.2) is 12.3 Å². The Morgan fingerprint density at radius 3 is 3.10 bits per heavy atom. The van der Waals surface area contributed by atoms with Gasteiger partial charge < -0.3 is 15.3 Å². The first-order chi connectivity index (χ1) is 9.54. The van der Waals surface area contributed by atoms with Crippen LogP contribution in [0.3, 0.4) is 0 Å². The van der Waals surface area contributed by atoms with E-state index in [1.54, 1.807) is 0 Å². The lowest BCUT2D eigenvalue weighted by atomic mass is 10.1. The van der Waals surface area contributed by atoms with Gasteiger partial charge in [-0.05, 0) is 6.07 Å². The van der Waals surface area contributed by atoms with Gasteiger partial charge in [0, 0.05) is 19.3 Å². The lowest BCUT2D eigenvalue weighted by molar-refractivity contribution is -0.139. The van der Waals surface area contributed by atoms with Crippen molar-refractivity contribution in [1.82, 2.24) is 10.3 Å². The van der Waals surface area contributed by atoms with Crippen molar-refractivity contribution in [3.63, 3.8) is 0 Å². The van der Waals surface area contributed by atoms with Gasteiger partial charge in [-0.1, -0.05) is 11.6 Å². The number of amides is 1. The first-order valence-corrected chi connectivity index (χ1v) is 6.23. The summed E-state index contributed by atoms with van der Waals surface area (Å²) in [4.78, 5) is 28.3. The molecule has 20 heavy (non-hydrogen) atoms. The maximum absolute atomic E-state index is 11.8. The molecule has 0 aliphatic carbocycles. The first-order valence-electron chi connectivity index (χ1n) is 5.85. The minimum absolute atomic E-state index is 0.125. The lowest BCUT2D eigenvalue weighted by Gasteiger charge is -2.35. The third-order valence-corrected chi connectivity index (χ3v) is 3.33. The number of nitriles is 1. The van der Waals surface area contributed by atoms with Gasteiger partial charge in [0.05, 0.1) is 12.0 Å². The molecule has 1 aromatic rings. The zero-order chi connectivity index (χ0) is 14.7. The number of hydrogen-bond acceptors (Lipinski definition) is 5. The number of rotatable bonds is 3. The van der Waals surface area contributed by atoms with E-state index in [2.05, 4.69) is 10.3 Å². The van der Waals surface area contributed by atoms with Crippen LogP contribution >= 0.6 is 11.6 Å². The Hall–Kier alpha value is -2.33. The molecule has 1 saturated heterocycles. The van der Waals surface area contributed by atoms with Gasteiger partial charge in [-0.3, -0.25) is 9.59 Å². The zero-order valence-corrected chi connectivity index (χ0v) is 11.1. The Morgan fingerprint density at radius 2 is 2.45 bits per heavy atom. The fourth-order valence-electron chi connectivity index (χ4n) is 2.06. The number of aromatic nitrogens is 1. The average molecular weight is 295 g/mol. The summed E-state index contributed by atoms with van der Waals surface area (Å²) in [7, 11) is 0. The van der Waals surface area contributed by atoms with Gasteiger partial charge in [0.1, 0.15) is 23.0 Å². The minimum atomic E-state index is -1.09. The van der Waals surface area contributed by atoms with Crippen LogP contribution < -0.4 is 10.2 Å². The highest BCUT2D eigenvalue weighted by Gasteiger charge is 2.33. The van der Waals surface area contributed by atoms with Crippen molar-refractivity contribution in [1.29, 1.82) is 5.26 Å². The summed E-state index contributed by atoms with van der Waals surface area (Å²) in [5.74, 6) is -1.23. The first kappa shape index (κ1) is 14.1. The molecule has 0 bridgehead atoms. The molecule has 1 aliphatic rings. The zero-order valence-electron chi connectivity index (χ0n) is 10.3. The number of carboxylic acids is 1. The van der Waals surface area contributed by atoms with Crippen molar-refractivity contribution in [3.8, 4) is 6.07 Å². The number of carbonyl (C=O) groups is 2. The number of piperazine rings is 1. The maximum Gasteiger partial charge on any atom is 0.305 e. The SMILES string of the molecule is N#Cc1ccnc(N2CCNC(=O)C2CC(=O)O)c1Cl. The third-order valence-electron chi connectivity index (χ3n) is 2.96. The molecule has 1 atom stereocenters. The van der Waals surface area contributed by atoms with Gasteiger partial charge in [0.2, 0.25) is 5.91 Å². The molecule has 2 N–H and O–H groups in total. The van der Waals surface area contributed by atoms with Gasteiger partial charge in [-0.25, -0.2) is 4.98 Å². The van der Waals surface area contributed by atoms with E-state index < -0.39 is 12.0 Å². The van der Waals surface area contributed by atoms with Crippen molar-refractivity contribution in [3.05, 3.63) is 22.8 Å². The Labute approximate surface area is 119 Å². The standard InChI is InChI=1S/C12H11ClN4O3/c13-10-7(6-14)1-2-15-11(10)17-4-3-16-12(20)8(17)5-9(18)19/h1-2,8H,3-5H2,(H,16,20)(H,18,19). The van der Waals surface area contributed by atoms with Crippen LogP contribution in [0, 0.1) is 11.3 Å². The largest absolute Gasteiger partial charge is 0.481 e. The van der Waals surface area contributed by atoms with E-state index in [0.717, 1.165) is 0 Å². The summed E-state index contributed by atoms with van der Waals surface area (Å²) in [6, 6.07) is 2.50. The number of aliphatic carboxylic acids is 1. The van der Waals surface area contributed by atoms with Gasteiger partial charge in [0.15, 0.2) is 0 Å². The van der Waals surface area contributed by atoms with Gasteiger partial charge in [-0.15, -0.1) is 0 Å². The van der Waals surface area contributed by atoms with Crippen LogP contribution in [0.1, 0.15) is 12.0 Å². The second-order valence-corrected chi connectivity index (χ2v) is 4.58. The molecule has 2 rings (SSSR count). The summed E-state index contributed by atoms with van der Waals surface area (Å²) < 4.78 is 0. The molecule has 1 unspecified atom stereocenters. The minimum Gasteiger partial charge on any atom is -0.481 e. The van der Waals surface area contributed by atoms with E-state index >= 15 is 0 Å². The summed E-state index contributed by atoms with van der Waals surface area (Å²) in [6.07, 6.45) is 1.05. The van der Waals surface area contributed by atoms with Crippen molar-refractivity contribution in [2.45, 2.75) is 12.5 Å². The molecule has 0 saturated carbocycles. The molecule has 104 valence electrons. The molecule has 8 heteroatoms. The van der Waals surface area contributed by atoms with Gasteiger partial charge >= 0.3 is 5.97 Å². The molecule has 1 aliphatic heterocycles. The summed E-state index contributed by atoms with van der Waals surface area (Å²) >= 11 is 6.09. The number of nitrogens with one attached hydrogen (secondary N) is 1. The van der Waals surface area contributed by atoms with E-state index in [9.17, 15) is 9.59 Å². The molecular weight excluding hydrogens is 284 g/mol. The third kappa shape index (κ3) is 2.65. The highest BCUT2D eigenvalue weighted by atomic mass is 35.5. The van der Waals surface area contributed by atoms with Crippen molar-refractivity contribution >= 4 is 29.3 Å². The molecule has 1 aromatic heterocycles. The van der Waals surface area contributed by atoms with Crippen LogP contribution in [0.4, 0.5) is 5.82 Å². The fourth-order valence-corrected chi connectivity index (χ4v) is 2.32. The molecule has 1 amide bonds. The van der Waals surface area contributed by atoms with E-state index in [1.807, 2.05) is 6.07 Å². The Kier molecular flexibility index (Phi) is 4.05. The molecule has 0 aromatic carbocycles. The Balaban J connectivity index is 2.40. The maximum atomic E-state index is 11.8. The molecule has 1 fully saturated rings. The van der Waals surface area contributed by atoms with Crippen molar-refractivity contribution < 1.29 is 14.7 Å². The second-order valence-electron chi connectivity index (χ2n) is 4.21. The fraction of sp³-hybridized carbons (Fsp3) is 0.333. The number of hydrogen-bond donors (Lipinski definition) is 2. The van der Waals surface area contributed by atoms with Crippen LogP contribution in [0.5, 0.6) is 0 Å². The van der Waals surface area contributed by atoms with Gasteiger partial charge in [0.25, 0.3) is 0 Å². The highest BCUT2D eigenvalue weighted by Crippen LogP contribution is 2.29. The number of anilines is 1.